The van der Waals surface area contributed by atoms with Crippen LogP contribution in [-0.2, 0) is 0 Å². The smallest absolute Gasteiger partial charge is 0.0134 e. The molecule has 1 N–H and O–H groups in total. The van der Waals surface area contributed by atoms with Gasteiger partial charge in [0.15, 0.2) is 0 Å². The Balaban J connectivity index is 1.97. The van der Waals surface area contributed by atoms with Gasteiger partial charge in [-0.3, -0.25) is 0 Å². The van der Waals surface area contributed by atoms with Crippen LogP contribution in [0.25, 0.3) is 0 Å². The van der Waals surface area contributed by atoms with E-state index in [-0.39, 0.29) is 0 Å². The summed E-state index contributed by atoms with van der Waals surface area (Å²) in [6, 6.07) is 0.794. The van der Waals surface area contributed by atoms with Crippen LogP contribution in [0.5, 0.6) is 0 Å². The fourth-order valence-corrected chi connectivity index (χ4v) is 1.49. The van der Waals surface area contributed by atoms with Crippen LogP contribution in [0.15, 0.2) is 12.7 Å². The first-order chi connectivity index (χ1) is 4.86. The Hall–Kier alpha value is -0.300. The highest BCUT2D eigenvalue weighted by molar-refractivity contribution is 4.86. The van der Waals surface area contributed by atoms with Crippen molar-refractivity contribution in [2.24, 2.45) is 5.92 Å². The van der Waals surface area contributed by atoms with E-state index in [1.807, 2.05) is 6.08 Å². The lowest BCUT2D eigenvalue weighted by atomic mass is 9.79. The normalized spacial score (nSPS) is 31.3. The standard InChI is InChI=1S/C9H17N/c1-3-5-10-9-6-8(4-2)7-9/h3,8-10H,1,4-7H2,2H3. The second-order valence-corrected chi connectivity index (χ2v) is 3.14. The second-order valence-electron chi connectivity index (χ2n) is 3.14. The van der Waals surface area contributed by atoms with Crippen LogP contribution < -0.4 is 5.32 Å². The van der Waals surface area contributed by atoms with E-state index in [1.54, 1.807) is 0 Å². The Labute approximate surface area is 63.5 Å². The molecule has 1 heteroatoms. The third-order valence-corrected chi connectivity index (χ3v) is 2.36. The highest BCUT2D eigenvalue weighted by Gasteiger charge is 2.26. The lowest BCUT2D eigenvalue weighted by Crippen LogP contribution is -2.40. The van der Waals surface area contributed by atoms with E-state index in [9.17, 15) is 0 Å². The van der Waals surface area contributed by atoms with Crippen LogP contribution >= 0.6 is 0 Å². The molecular weight excluding hydrogens is 122 g/mol. The van der Waals surface area contributed by atoms with Crippen molar-refractivity contribution in [3.05, 3.63) is 12.7 Å². The maximum absolute atomic E-state index is 3.67. The molecule has 1 saturated carbocycles. The lowest BCUT2D eigenvalue weighted by molar-refractivity contribution is 0.222. The van der Waals surface area contributed by atoms with Gasteiger partial charge < -0.3 is 5.32 Å². The molecule has 0 amide bonds. The summed E-state index contributed by atoms with van der Waals surface area (Å²) in [6.07, 6.45) is 6.04. The zero-order chi connectivity index (χ0) is 7.40. The van der Waals surface area contributed by atoms with Gasteiger partial charge in [-0.1, -0.05) is 19.4 Å². The predicted molar refractivity (Wildman–Crippen MR) is 45.0 cm³/mol. The molecule has 1 aliphatic carbocycles. The van der Waals surface area contributed by atoms with E-state index >= 15 is 0 Å². The van der Waals surface area contributed by atoms with Gasteiger partial charge in [0.2, 0.25) is 0 Å². The molecule has 58 valence electrons. The molecule has 0 aliphatic heterocycles. The van der Waals surface area contributed by atoms with E-state index in [0.717, 1.165) is 18.5 Å². The zero-order valence-corrected chi connectivity index (χ0v) is 6.77. The molecule has 0 heterocycles. The summed E-state index contributed by atoms with van der Waals surface area (Å²) in [4.78, 5) is 0. The quantitative estimate of drug-likeness (QED) is 0.587. The Morgan fingerprint density at radius 3 is 2.80 bits per heavy atom. The lowest BCUT2D eigenvalue weighted by Gasteiger charge is -2.35. The molecule has 0 aromatic carbocycles. The van der Waals surface area contributed by atoms with E-state index < -0.39 is 0 Å². The summed E-state index contributed by atoms with van der Waals surface area (Å²) in [5.74, 6) is 1.00. The van der Waals surface area contributed by atoms with Gasteiger partial charge in [-0.15, -0.1) is 6.58 Å². The minimum atomic E-state index is 0.794. The Bertz CT molecular complexity index is 103. The summed E-state index contributed by atoms with van der Waals surface area (Å²) in [5.41, 5.74) is 0. The van der Waals surface area contributed by atoms with E-state index in [4.69, 9.17) is 0 Å². The molecule has 0 radical (unpaired) electrons. The summed E-state index contributed by atoms with van der Waals surface area (Å²) in [6.45, 7) is 6.91. The largest absolute Gasteiger partial charge is 0.311 e. The van der Waals surface area contributed by atoms with Crippen molar-refractivity contribution in [3.63, 3.8) is 0 Å². The van der Waals surface area contributed by atoms with Gasteiger partial charge in [-0.25, -0.2) is 0 Å². The summed E-state index contributed by atoms with van der Waals surface area (Å²) in [7, 11) is 0. The highest BCUT2D eigenvalue weighted by atomic mass is 14.9. The predicted octanol–water partition coefficient (Wildman–Crippen LogP) is 1.95. The van der Waals surface area contributed by atoms with Gasteiger partial charge in [-0.05, 0) is 18.8 Å². The van der Waals surface area contributed by atoms with Crippen LogP contribution in [0.2, 0.25) is 0 Å². The maximum atomic E-state index is 3.67. The van der Waals surface area contributed by atoms with Gasteiger partial charge >= 0.3 is 0 Å². The SMILES string of the molecule is C=CCNC1CC(CC)C1. The molecule has 1 rings (SSSR count). The summed E-state index contributed by atoms with van der Waals surface area (Å²) < 4.78 is 0. The number of hydrogen-bond donors (Lipinski definition) is 1. The molecule has 1 nitrogen and oxygen atoms in total. The second kappa shape index (κ2) is 3.77. The van der Waals surface area contributed by atoms with Crippen LogP contribution in [0.4, 0.5) is 0 Å². The van der Waals surface area contributed by atoms with E-state index in [1.165, 1.54) is 19.3 Å². The van der Waals surface area contributed by atoms with Crippen molar-refractivity contribution in [1.29, 1.82) is 0 Å². The number of nitrogens with one attached hydrogen (secondary N) is 1. The van der Waals surface area contributed by atoms with Gasteiger partial charge in [0.25, 0.3) is 0 Å². The van der Waals surface area contributed by atoms with Gasteiger partial charge in [0.1, 0.15) is 0 Å². The topological polar surface area (TPSA) is 12.0 Å². The Kier molecular flexibility index (Phi) is 2.94. The third kappa shape index (κ3) is 1.84. The fourth-order valence-electron chi connectivity index (χ4n) is 1.49. The molecule has 1 aliphatic rings. The fraction of sp³-hybridized carbons (Fsp3) is 0.778. The van der Waals surface area contributed by atoms with Gasteiger partial charge in [0.05, 0.1) is 0 Å². The minimum absolute atomic E-state index is 0.794. The molecule has 0 saturated heterocycles. The van der Waals surface area contributed by atoms with Crippen molar-refractivity contribution >= 4 is 0 Å². The molecule has 10 heavy (non-hydrogen) atoms. The molecular formula is C9H17N. The molecule has 0 unspecified atom stereocenters. The van der Waals surface area contributed by atoms with Crippen molar-refractivity contribution in [3.8, 4) is 0 Å². The maximum Gasteiger partial charge on any atom is 0.0134 e. The summed E-state index contributed by atoms with van der Waals surface area (Å²) >= 11 is 0. The molecule has 0 aromatic rings. The van der Waals surface area contributed by atoms with E-state index in [0.29, 0.717) is 0 Å². The van der Waals surface area contributed by atoms with Gasteiger partial charge in [-0.2, -0.15) is 0 Å². The first-order valence-electron chi connectivity index (χ1n) is 4.21. The average molecular weight is 139 g/mol. The highest BCUT2D eigenvalue weighted by Crippen LogP contribution is 2.29. The molecule has 0 bridgehead atoms. The third-order valence-electron chi connectivity index (χ3n) is 2.36. The molecule has 0 spiro atoms. The van der Waals surface area contributed by atoms with Crippen LogP contribution in [0, 0.1) is 5.92 Å². The Morgan fingerprint density at radius 1 is 1.60 bits per heavy atom. The number of hydrogen-bond acceptors (Lipinski definition) is 1. The van der Waals surface area contributed by atoms with Crippen LogP contribution in [-0.4, -0.2) is 12.6 Å². The number of rotatable bonds is 4. The van der Waals surface area contributed by atoms with Gasteiger partial charge in [0, 0.05) is 12.6 Å². The van der Waals surface area contributed by atoms with Crippen molar-refractivity contribution in [1.82, 2.24) is 5.32 Å². The van der Waals surface area contributed by atoms with Crippen LogP contribution in [0.3, 0.4) is 0 Å². The zero-order valence-electron chi connectivity index (χ0n) is 6.77. The average Bonchev–Trinajstić information content (AvgIpc) is 1.86. The molecule has 1 fully saturated rings. The van der Waals surface area contributed by atoms with Crippen LogP contribution in [0.1, 0.15) is 26.2 Å². The molecule has 0 aromatic heterocycles. The first kappa shape index (κ1) is 7.80. The minimum Gasteiger partial charge on any atom is -0.311 e. The first-order valence-corrected chi connectivity index (χ1v) is 4.21. The van der Waals surface area contributed by atoms with Crippen molar-refractivity contribution in [2.45, 2.75) is 32.2 Å². The van der Waals surface area contributed by atoms with E-state index in [2.05, 4.69) is 18.8 Å². The monoisotopic (exact) mass is 139 g/mol. The molecule has 0 atom stereocenters. The van der Waals surface area contributed by atoms with Crippen molar-refractivity contribution < 1.29 is 0 Å². The van der Waals surface area contributed by atoms with Crippen molar-refractivity contribution in [2.75, 3.05) is 6.54 Å². The Morgan fingerprint density at radius 2 is 2.30 bits per heavy atom. The summed E-state index contributed by atoms with van der Waals surface area (Å²) in [5, 5.41) is 3.42.